The van der Waals surface area contributed by atoms with Crippen molar-refractivity contribution in [3.8, 4) is 5.75 Å². The molecule has 0 aliphatic carbocycles. The van der Waals surface area contributed by atoms with Crippen LogP contribution in [0.5, 0.6) is 5.75 Å². The van der Waals surface area contributed by atoms with Crippen molar-refractivity contribution in [2.24, 2.45) is 0 Å². The highest BCUT2D eigenvalue weighted by molar-refractivity contribution is 6.74. The normalized spacial score (nSPS) is 37.1. The third kappa shape index (κ3) is 7.48. The monoisotopic (exact) mass is 624 g/mol. The summed E-state index contributed by atoms with van der Waals surface area (Å²) in [6, 6.07) is 7.91. The molecule has 5 rings (SSSR count). The fourth-order valence-corrected chi connectivity index (χ4v) is 7.30. The molecule has 0 N–H and O–H groups in total. The highest BCUT2D eigenvalue weighted by Gasteiger charge is 2.61. The van der Waals surface area contributed by atoms with Gasteiger partial charge in [-0.05, 0) is 70.4 Å². The van der Waals surface area contributed by atoms with E-state index >= 15 is 0 Å². The number of ether oxygens (including phenoxy) is 9. The van der Waals surface area contributed by atoms with Gasteiger partial charge in [0, 0.05) is 6.42 Å². The van der Waals surface area contributed by atoms with Crippen molar-refractivity contribution in [1.82, 2.24) is 0 Å². The molecule has 10 nitrogen and oxygen atoms in total. The fourth-order valence-electron chi connectivity index (χ4n) is 5.96. The summed E-state index contributed by atoms with van der Waals surface area (Å²) in [5.41, 5.74) is 1.06. The minimum Gasteiger partial charge on any atom is -0.497 e. The molecule has 4 fully saturated rings. The molecular formula is C32H52O10Si. The van der Waals surface area contributed by atoms with Crippen molar-refractivity contribution in [1.29, 1.82) is 0 Å². The lowest BCUT2D eigenvalue weighted by Crippen LogP contribution is -2.57. The predicted molar refractivity (Wildman–Crippen MR) is 161 cm³/mol. The van der Waals surface area contributed by atoms with Crippen molar-refractivity contribution in [3.63, 3.8) is 0 Å². The van der Waals surface area contributed by atoms with Crippen LogP contribution in [0.15, 0.2) is 24.3 Å². The van der Waals surface area contributed by atoms with Gasteiger partial charge in [-0.3, -0.25) is 0 Å². The number of benzene rings is 1. The summed E-state index contributed by atoms with van der Waals surface area (Å²) in [5, 5.41) is 0.0384. The molecule has 0 unspecified atom stereocenters. The summed E-state index contributed by atoms with van der Waals surface area (Å²) >= 11 is 0. The summed E-state index contributed by atoms with van der Waals surface area (Å²) in [6.07, 6.45) is -2.75. The van der Waals surface area contributed by atoms with Gasteiger partial charge in [0.15, 0.2) is 32.5 Å². The van der Waals surface area contributed by atoms with Crippen LogP contribution in [0, 0.1) is 0 Å². The minimum absolute atomic E-state index is 0.0384. The van der Waals surface area contributed by atoms with Crippen LogP contribution in [-0.4, -0.2) is 88.9 Å². The third-order valence-electron chi connectivity index (χ3n) is 9.17. The second-order valence-electron chi connectivity index (χ2n) is 14.6. The van der Waals surface area contributed by atoms with Gasteiger partial charge in [-0.2, -0.15) is 0 Å². The van der Waals surface area contributed by atoms with Crippen molar-refractivity contribution in [3.05, 3.63) is 29.8 Å². The molecule has 0 bridgehead atoms. The average Bonchev–Trinajstić information content (AvgIpc) is 3.40. The fraction of sp³-hybridized carbons (Fsp3) is 0.812. The molecule has 0 amide bonds. The SMILES string of the molecule is COc1ccc(CO[C@H]2[C@@H](O[Si](C)(C)C(C)(C)C)C[C@H](OC[C@H]3O[C@@H]4OC(C)(C)O[C@@H]4[C@H]4OC(C)(C)O[C@H]43)O[C@@H]2C)cc1. The number of hydrogen-bond acceptors (Lipinski definition) is 10. The van der Waals surface area contributed by atoms with Crippen LogP contribution in [-0.2, 0) is 48.9 Å². The van der Waals surface area contributed by atoms with E-state index in [4.69, 9.17) is 47.1 Å². The molecule has 11 heteroatoms. The van der Waals surface area contributed by atoms with Crippen LogP contribution in [0.2, 0.25) is 18.1 Å². The summed E-state index contributed by atoms with van der Waals surface area (Å²) in [4.78, 5) is 0. The van der Waals surface area contributed by atoms with Gasteiger partial charge in [0.2, 0.25) is 0 Å². The zero-order valence-corrected chi connectivity index (χ0v) is 28.7. The Morgan fingerprint density at radius 1 is 0.860 bits per heavy atom. The molecule has 4 heterocycles. The van der Waals surface area contributed by atoms with Crippen molar-refractivity contribution >= 4 is 8.32 Å². The first-order chi connectivity index (χ1) is 20.0. The first-order valence-corrected chi connectivity index (χ1v) is 18.4. The van der Waals surface area contributed by atoms with E-state index < -0.39 is 38.6 Å². The number of rotatable bonds is 9. The van der Waals surface area contributed by atoms with Gasteiger partial charge in [0.1, 0.15) is 36.3 Å². The van der Waals surface area contributed by atoms with Crippen LogP contribution < -0.4 is 4.74 Å². The molecule has 9 atom stereocenters. The molecule has 4 aliphatic heterocycles. The molecule has 0 aromatic heterocycles. The highest BCUT2D eigenvalue weighted by Crippen LogP contribution is 2.45. The lowest BCUT2D eigenvalue weighted by atomic mass is 9.99. The van der Waals surface area contributed by atoms with Crippen LogP contribution in [0.25, 0.3) is 0 Å². The van der Waals surface area contributed by atoms with Gasteiger partial charge in [-0.15, -0.1) is 0 Å². The smallest absolute Gasteiger partial charge is 0.192 e. The largest absolute Gasteiger partial charge is 0.497 e. The average molecular weight is 625 g/mol. The summed E-state index contributed by atoms with van der Waals surface area (Å²) in [5.74, 6) is -0.730. The first kappa shape index (κ1) is 33.2. The molecular weight excluding hydrogens is 572 g/mol. The van der Waals surface area contributed by atoms with Gasteiger partial charge in [0.25, 0.3) is 0 Å². The van der Waals surface area contributed by atoms with E-state index in [1.807, 2.05) is 58.9 Å². The van der Waals surface area contributed by atoms with Crippen molar-refractivity contribution < 1.29 is 47.1 Å². The Morgan fingerprint density at radius 2 is 1.49 bits per heavy atom. The minimum atomic E-state index is -2.13. The maximum absolute atomic E-state index is 6.97. The summed E-state index contributed by atoms with van der Waals surface area (Å²) < 4.78 is 62.7. The molecule has 43 heavy (non-hydrogen) atoms. The van der Waals surface area contributed by atoms with Crippen LogP contribution in [0.3, 0.4) is 0 Å². The van der Waals surface area contributed by atoms with E-state index in [0.29, 0.717) is 13.0 Å². The summed E-state index contributed by atoms with van der Waals surface area (Å²) in [6.45, 7) is 21.5. The summed E-state index contributed by atoms with van der Waals surface area (Å²) in [7, 11) is -0.468. The Bertz CT molecular complexity index is 1090. The van der Waals surface area contributed by atoms with Crippen LogP contribution >= 0.6 is 0 Å². The number of fused-ring (bicyclic) bond motifs is 3. The Labute approximate surface area is 258 Å². The van der Waals surface area contributed by atoms with E-state index in [0.717, 1.165) is 11.3 Å². The van der Waals surface area contributed by atoms with Crippen molar-refractivity contribution in [2.75, 3.05) is 13.7 Å². The van der Waals surface area contributed by atoms with Gasteiger partial charge in [-0.25, -0.2) is 0 Å². The molecule has 0 radical (unpaired) electrons. The Kier molecular flexibility index (Phi) is 9.46. The maximum atomic E-state index is 6.97. The van der Waals surface area contributed by atoms with Gasteiger partial charge in [-0.1, -0.05) is 32.9 Å². The van der Waals surface area contributed by atoms with Gasteiger partial charge < -0.3 is 47.1 Å². The zero-order valence-electron chi connectivity index (χ0n) is 27.7. The topological polar surface area (TPSA) is 92.3 Å². The molecule has 4 aliphatic rings. The Morgan fingerprint density at radius 3 is 2.14 bits per heavy atom. The van der Waals surface area contributed by atoms with E-state index in [2.05, 4.69) is 33.9 Å². The zero-order chi connectivity index (χ0) is 31.4. The third-order valence-corrected chi connectivity index (χ3v) is 13.7. The number of hydrogen-bond donors (Lipinski definition) is 0. The molecule has 1 aromatic carbocycles. The Balaban J connectivity index is 1.27. The highest BCUT2D eigenvalue weighted by atomic mass is 28.4. The molecule has 244 valence electrons. The van der Waals surface area contributed by atoms with E-state index in [9.17, 15) is 0 Å². The maximum Gasteiger partial charge on any atom is 0.192 e. The van der Waals surface area contributed by atoms with E-state index in [1.165, 1.54) is 0 Å². The second-order valence-corrected chi connectivity index (χ2v) is 19.3. The molecule has 0 saturated carbocycles. The van der Waals surface area contributed by atoms with Crippen LogP contribution in [0.1, 0.15) is 67.4 Å². The Hall–Kier alpha value is -1.12. The lowest BCUT2D eigenvalue weighted by Gasteiger charge is -2.46. The second kappa shape index (κ2) is 12.2. The number of methoxy groups -OCH3 is 1. The van der Waals surface area contributed by atoms with Gasteiger partial charge >= 0.3 is 0 Å². The van der Waals surface area contributed by atoms with Gasteiger partial charge in [0.05, 0.1) is 32.5 Å². The quantitative estimate of drug-likeness (QED) is 0.327. The predicted octanol–water partition coefficient (Wildman–Crippen LogP) is 5.52. The first-order valence-electron chi connectivity index (χ1n) is 15.5. The molecule has 0 spiro atoms. The van der Waals surface area contributed by atoms with E-state index in [-0.39, 0.29) is 48.3 Å². The standard InChI is InChI=1S/C32H52O10Si/c1-19-25(35-17-20-12-14-21(33-9)15-13-20)22(42-43(10,11)30(2,3)4)16-24(36-19)34-18-23-26-27(39-31(5,6)38-26)28-29(37-23)41-32(7,8)40-28/h12-15,19,22-29H,16-18H2,1-11H3/t19-,22+,23-,24-,25-,26+,27+,28-,29-/m1/s1. The van der Waals surface area contributed by atoms with Crippen molar-refractivity contribution in [2.45, 2.75) is 153 Å². The molecule has 4 saturated heterocycles. The molecule has 1 aromatic rings. The van der Waals surface area contributed by atoms with Crippen LogP contribution in [0.4, 0.5) is 0 Å². The van der Waals surface area contributed by atoms with E-state index in [1.54, 1.807) is 7.11 Å². The lowest BCUT2D eigenvalue weighted by molar-refractivity contribution is -0.283.